The summed E-state index contributed by atoms with van der Waals surface area (Å²) in [4.78, 5) is 15.0. The van der Waals surface area contributed by atoms with E-state index in [-0.39, 0.29) is 5.69 Å². The number of aromatic carboxylic acids is 1. The molecule has 0 amide bonds. The maximum atomic E-state index is 11.1. The van der Waals surface area contributed by atoms with Crippen molar-refractivity contribution >= 4 is 5.97 Å². The summed E-state index contributed by atoms with van der Waals surface area (Å²) in [7, 11) is 1.57. The lowest BCUT2D eigenvalue weighted by Crippen LogP contribution is -2.11. The van der Waals surface area contributed by atoms with Crippen LogP contribution in [0, 0.1) is 0 Å². The van der Waals surface area contributed by atoms with Gasteiger partial charge in [0, 0.05) is 25.9 Å². The van der Waals surface area contributed by atoms with E-state index in [0.717, 1.165) is 5.56 Å². The van der Waals surface area contributed by atoms with Crippen molar-refractivity contribution in [2.45, 2.75) is 13.0 Å². The monoisotopic (exact) mass is 262 g/mol. The molecule has 2 heterocycles. The van der Waals surface area contributed by atoms with Crippen molar-refractivity contribution in [2.24, 2.45) is 0 Å². The van der Waals surface area contributed by atoms with E-state index >= 15 is 0 Å². The standard InChI is InChI=1S/C12H14N4O3/c1-19-7-4-10-11(12(17)18)14-15-16(10)8-9-2-5-13-6-3-9/h2-3,5-6H,4,7-8H2,1H3,(H,17,18). The van der Waals surface area contributed by atoms with Crippen LogP contribution in [0.4, 0.5) is 0 Å². The van der Waals surface area contributed by atoms with Gasteiger partial charge in [-0.25, -0.2) is 9.48 Å². The predicted molar refractivity (Wildman–Crippen MR) is 65.9 cm³/mol. The second-order valence-corrected chi connectivity index (χ2v) is 3.95. The van der Waals surface area contributed by atoms with Gasteiger partial charge in [-0.15, -0.1) is 5.10 Å². The Morgan fingerprint density at radius 3 is 2.79 bits per heavy atom. The highest BCUT2D eigenvalue weighted by Crippen LogP contribution is 2.10. The molecule has 0 atom stereocenters. The van der Waals surface area contributed by atoms with Gasteiger partial charge in [0.15, 0.2) is 5.69 Å². The number of nitrogens with zero attached hydrogens (tertiary/aromatic N) is 4. The topological polar surface area (TPSA) is 90.1 Å². The Bertz CT molecular complexity index is 553. The van der Waals surface area contributed by atoms with E-state index in [0.29, 0.717) is 25.3 Å². The van der Waals surface area contributed by atoms with Crippen LogP contribution in [0.1, 0.15) is 21.7 Å². The summed E-state index contributed by atoms with van der Waals surface area (Å²) in [6.07, 6.45) is 3.81. The fraction of sp³-hybridized carbons (Fsp3) is 0.333. The molecule has 0 saturated carbocycles. The molecule has 0 radical (unpaired) electrons. The third-order valence-corrected chi connectivity index (χ3v) is 2.66. The highest BCUT2D eigenvalue weighted by atomic mass is 16.5. The lowest BCUT2D eigenvalue weighted by Gasteiger charge is -2.06. The van der Waals surface area contributed by atoms with Gasteiger partial charge in [-0.05, 0) is 17.7 Å². The first-order valence-corrected chi connectivity index (χ1v) is 5.76. The molecular formula is C12H14N4O3. The van der Waals surface area contributed by atoms with Crippen LogP contribution < -0.4 is 0 Å². The molecule has 0 aromatic carbocycles. The summed E-state index contributed by atoms with van der Waals surface area (Å²) in [5, 5.41) is 16.7. The van der Waals surface area contributed by atoms with Gasteiger partial charge in [-0.2, -0.15) is 0 Å². The van der Waals surface area contributed by atoms with Crippen LogP contribution in [0.25, 0.3) is 0 Å². The summed E-state index contributed by atoms with van der Waals surface area (Å²) in [5.74, 6) is -1.08. The summed E-state index contributed by atoms with van der Waals surface area (Å²) in [6, 6.07) is 3.70. The summed E-state index contributed by atoms with van der Waals surface area (Å²) in [5.41, 5.74) is 1.52. The van der Waals surface area contributed by atoms with Crippen LogP contribution in [0.15, 0.2) is 24.5 Å². The molecule has 0 aliphatic heterocycles. The minimum absolute atomic E-state index is 0.0221. The Kier molecular flexibility index (Phi) is 4.19. The number of ether oxygens (including phenoxy) is 1. The zero-order chi connectivity index (χ0) is 13.7. The lowest BCUT2D eigenvalue weighted by molar-refractivity contribution is 0.0688. The normalized spacial score (nSPS) is 10.6. The van der Waals surface area contributed by atoms with Gasteiger partial charge in [-0.1, -0.05) is 5.21 Å². The van der Waals surface area contributed by atoms with E-state index in [1.807, 2.05) is 12.1 Å². The largest absolute Gasteiger partial charge is 0.476 e. The minimum atomic E-state index is -1.08. The predicted octanol–water partition coefficient (Wildman–Crippen LogP) is 0.608. The first-order valence-electron chi connectivity index (χ1n) is 5.76. The first-order chi connectivity index (χ1) is 9.22. The Balaban J connectivity index is 2.26. The maximum absolute atomic E-state index is 11.1. The van der Waals surface area contributed by atoms with Gasteiger partial charge in [0.1, 0.15) is 0 Å². The lowest BCUT2D eigenvalue weighted by atomic mass is 10.2. The molecule has 2 rings (SSSR count). The molecular weight excluding hydrogens is 248 g/mol. The number of aromatic nitrogens is 4. The Hall–Kier alpha value is -2.28. The third-order valence-electron chi connectivity index (χ3n) is 2.66. The fourth-order valence-electron chi connectivity index (χ4n) is 1.73. The summed E-state index contributed by atoms with van der Waals surface area (Å²) < 4.78 is 6.56. The summed E-state index contributed by atoms with van der Waals surface area (Å²) >= 11 is 0. The van der Waals surface area contributed by atoms with Crippen LogP contribution in [-0.4, -0.2) is 44.8 Å². The summed E-state index contributed by atoms with van der Waals surface area (Å²) in [6.45, 7) is 0.881. The number of hydrogen-bond acceptors (Lipinski definition) is 5. The molecule has 0 unspecified atom stereocenters. The smallest absolute Gasteiger partial charge is 0.358 e. The zero-order valence-electron chi connectivity index (χ0n) is 10.5. The fourth-order valence-corrected chi connectivity index (χ4v) is 1.73. The van der Waals surface area contributed by atoms with Gasteiger partial charge >= 0.3 is 5.97 Å². The van der Waals surface area contributed by atoms with Gasteiger partial charge in [0.25, 0.3) is 0 Å². The first kappa shape index (κ1) is 13.2. The Morgan fingerprint density at radius 2 is 2.16 bits per heavy atom. The van der Waals surface area contributed by atoms with Gasteiger partial charge in [-0.3, -0.25) is 4.98 Å². The van der Waals surface area contributed by atoms with E-state index in [1.165, 1.54) is 0 Å². The van der Waals surface area contributed by atoms with Crippen LogP contribution >= 0.6 is 0 Å². The maximum Gasteiger partial charge on any atom is 0.358 e. The SMILES string of the molecule is COCCc1c(C(=O)O)nnn1Cc1ccncc1. The molecule has 0 spiro atoms. The molecule has 0 saturated heterocycles. The number of methoxy groups -OCH3 is 1. The van der Waals surface area contributed by atoms with Crippen molar-refractivity contribution < 1.29 is 14.6 Å². The highest BCUT2D eigenvalue weighted by Gasteiger charge is 2.18. The molecule has 7 heteroatoms. The molecule has 0 fully saturated rings. The number of pyridine rings is 1. The Labute approximate surface area is 109 Å². The number of rotatable bonds is 6. The highest BCUT2D eigenvalue weighted by molar-refractivity contribution is 5.86. The molecule has 2 aromatic rings. The average Bonchev–Trinajstić information content (AvgIpc) is 2.80. The van der Waals surface area contributed by atoms with Crippen molar-refractivity contribution in [1.82, 2.24) is 20.0 Å². The van der Waals surface area contributed by atoms with E-state index in [1.54, 1.807) is 24.2 Å². The molecule has 0 bridgehead atoms. The van der Waals surface area contributed by atoms with Gasteiger partial charge in [0.05, 0.1) is 18.8 Å². The molecule has 0 aliphatic rings. The molecule has 7 nitrogen and oxygen atoms in total. The van der Waals surface area contributed by atoms with Crippen molar-refractivity contribution in [3.05, 3.63) is 41.5 Å². The molecule has 19 heavy (non-hydrogen) atoms. The van der Waals surface area contributed by atoms with Crippen molar-refractivity contribution in [2.75, 3.05) is 13.7 Å². The van der Waals surface area contributed by atoms with Gasteiger partial charge in [0.2, 0.25) is 0 Å². The molecule has 1 N–H and O–H groups in total. The number of carboxylic acids is 1. The second kappa shape index (κ2) is 6.05. The van der Waals surface area contributed by atoms with Crippen LogP contribution in [0.5, 0.6) is 0 Å². The Morgan fingerprint density at radius 1 is 1.42 bits per heavy atom. The van der Waals surface area contributed by atoms with E-state index in [2.05, 4.69) is 15.3 Å². The average molecular weight is 262 g/mol. The zero-order valence-corrected chi connectivity index (χ0v) is 10.5. The number of hydrogen-bond donors (Lipinski definition) is 1. The van der Waals surface area contributed by atoms with Crippen LogP contribution in [0.3, 0.4) is 0 Å². The van der Waals surface area contributed by atoms with Crippen molar-refractivity contribution in [3.63, 3.8) is 0 Å². The van der Waals surface area contributed by atoms with Crippen LogP contribution in [-0.2, 0) is 17.7 Å². The molecule has 2 aromatic heterocycles. The molecule has 0 aliphatic carbocycles. The minimum Gasteiger partial charge on any atom is -0.476 e. The van der Waals surface area contributed by atoms with Gasteiger partial charge < -0.3 is 9.84 Å². The van der Waals surface area contributed by atoms with E-state index in [9.17, 15) is 4.79 Å². The number of carbonyl (C=O) groups is 1. The van der Waals surface area contributed by atoms with E-state index in [4.69, 9.17) is 9.84 Å². The van der Waals surface area contributed by atoms with Crippen molar-refractivity contribution in [1.29, 1.82) is 0 Å². The quantitative estimate of drug-likeness (QED) is 0.820. The third kappa shape index (κ3) is 3.14. The van der Waals surface area contributed by atoms with Crippen LogP contribution in [0.2, 0.25) is 0 Å². The second-order valence-electron chi connectivity index (χ2n) is 3.95. The molecule has 100 valence electrons. The van der Waals surface area contributed by atoms with E-state index < -0.39 is 5.97 Å². The van der Waals surface area contributed by atoms with Crippen molar-refractivity contribution in [3.8, 4) is 0 Å². The number of carboxylic acid groups (broad SMARTS) is 1.